The fourth-order valence-electron chi connectivity index (χ4n) is 0.828. The van der Waals surface area contributed by atoms with Crippen molar-refractivity contribution in [2.45, 2.75) is 6.92 Å². The minimum Gasteiger partial charge on any atom is -0.280 e. The Kier molecular flexibility index (Phi) is 2.72. The smallest absolute Gasteiger partial charge is 0.254 e. The summed E-state index contributed by atoms with van der Waals surface area (Å²) in [5.41, 5.74) is 1.63. The highest BCUT2D eigenvalue weighted by Crippen LogP contribution is 2.10. The molecule has 0 aliphatic rings. The third-order valence-corrected chi connectivity index (χ3v) is 2.49. The van der Waals surface area contributed by atoms with Crippen LogP contribution < -0.4 is 4.72 Å². The molecule has 0 unspecified atom stereocenters. The van der Waals surface area contributed by atoms with Gasteiger partial charge in [0.15, 0.2) is 0 Å². The second-order valence-corrected chi connectivity index (χ2v) is 4.31. The van der Waals surface area contributed by atoms with Gasteiger partial charge in [0.2, 0.25) is 0 Å². The van der Waals surface area contributed by atoms with Gasteiger partial charge < -0.3 is 0 Å². The van der Waals surface area contributed by atoms with Crippen molar-refractivity contribution in [3.05, 3.63) is 41.8 Å². The highest BCUT2D eigenvalue weighted by Gasteiger charge is 2.02. The van der Waals surface area contributed by atoms with Crippen LogP contribution in [-0.2, 0) is 10.0 Å². The van der Waals surface area contributed by atoms with E-state index < -0.39 is 10.0 Å². The monoisotopic (exact) mass is 197 g/mol. The maximum atomic E-state index is 11.0. The Labute approximate surface area is 78.1 Å². The van der Waals surface area contributed by atoms with Gasteiger partial charge in [0, 0.05) is 11.1 Å². The maximum absolute atomic E-state index is 11.0. The largest absolute Gasteiger partial charge is 0.280 e. The number of anilines is 1. The van der Waals surface area contributed by atoms with Crippen LogP contribution >= 0.6 is 0 Å². The summed E-state index contributed by atoms with van der Waals surface area (Å²) in [6.07, 6.45) is 0. The molecule has 1 aromatic rings. The molecule has 0 saturated heterocycles. The minimum absolute atomic E-state index is 0.547. The molecular weight excluding hydrogens is 186 g/mol. The van der Waals surface area contributed by atoms with Crippen molar-refractivity contribution in [2.75, 3.05) is 4.72 Å². The first-order chi connectivity index (χ1) is 6.03. The van der Waals surface area contributed by atoms with Gasteiger partial charge in [0.25, 0.3) is 10.0 Å². The molecule has 0 radical (unpaired) electrons. The van der Waals surface area contributed by atoms with Crippen molar-refractivity contribution in [3.63, 3.8) is 0 Å². The predicted octanol–water partition coefficient (Wildman–Crippen LogP) is 1.88. The first kappa shape index (κ1) is 9.80. The van der Waals surface area contributed by atoms with E-state index in [1.54, 1.807) is 12.1 Å². The van der Waals surface area contributed by atoms with E-state index in [1.807, 2.05) is 19.1 Å². The van der Waals surface area contributed by atoms with E-state index in [2.05, 4.69) is 11.3 Å². The average molecular weight is 197 g/mol. The fourth-order valence-corrected chi connectivity index (χ4v) is 1.38. The second kappa shape index (κ2) is 3.62. The molecule has 13 heavy (non-hydrogen) atoms. The number of hydrogen-bond acceptors (Lipinski definition) is 2. The average Bonchev–Trinajstić information content (AvgIpc) is 2.09. The van der Waals surface area contributed by atoms with Crippen molar-refractivity contribution >= 4 is 15.7 Å². The quantitative estimate of drug-likeness (QED) is 0.804. The van der Waals surface area contributed by atoms with Gasteiger partial charge in [-0.15, -0.1) is 0 Å². The summed E-state index contributed by atoms with van der Waals surface area (Å²) in [5, 5.41) is 0.882. The lowest BCUT2D eigenvalue weighted by Crippen LogP contribution is -2.07. The van der Waals surface area contributed by atoms with E-state index in [9.17, 15) is 8.42 Å². The molecule has 3 nitrogen and oxygen atoms in total. The third-order valence-electron chi connectivity index (χ3n) is 1.53. The Bertz CT molecular complexity index is 392. The van der Waals surface area contributed by atoms with Crippen molar-refractivity contribution in [3.8, 4) is 0 Å². The Balaban J connectivity index is 2.88. The highest BCUT2D eigenvalue weighted by molar-refractivity contribution is 7.95. The number of rotatable bonds is 3. The summed E-state index contributed by atoms with van der Waals surface area (Å²) in [4.78, 5) is 0. The molecule has 0 heterocycles. The summed E-state index contributed by atoms with van der Waals surface area (Å²) in [6, 6.07) is 7.08. The summed E-state index contributed by atoms with van der Waals surface area (Å²) in [7, 11) is -3.37. The zero-order valence-corrected chi connectivity index (χ0v) is 8.14. The molecule has 0 aliphatic carbocycles. The van der Waals surface area contributed by atoms with Gasteiger partial charge >= 0.3 is 0 Å². The molecule has 0 saturated carbocycles. The van der Waals surface area contributed by atoms with Crippen LogP contribution in [0.2, 0.25) is 0 Å². The highest BCUT2D eigenvalue weighted by atomic mass is 32.2. The van der Waals surface area contributed by atoms with Crippen LogP contribution in [0, 0.1) is 6.92 Å². The minimum atomic E-state index is -3.37. The van der Waals surface area contributed by atoms with Gasteiger partial charge in [-0.3, -0.25) is 4.72 Å². The molecule has 0 aliphatic heterocycles. The van der Waals surface area contributed by atoms with E-state index in [0.717, 1.165) is 11.0 Å². The second-order valence-electron chi connectivity index (χ2n) is 2.68. The molecule has 0 bridgehead atoms. The van der Waals surface area contributed by atoms with Gasteiger partial charge in [-0.05, 0) is 19.1 Å². The molecule has 0 amide bonds. The van der Waals surface area contributed by atoms with Gasteiger partial charge in [0.05, 0.1) is 0 Å². The predicted molar refractivity (Wildman–Crippen MR) is 53.9 cm³/mol. The molecule has 70 valence electrons. The van der Waals surface area contributed by atoms with Crippen molar-refractivity contribution < 1.29 is 8.42 Å². The normalized spacial score (nSPS) is 10.8. The van der Waals surface area contributed by atoms with Crippen LogP contribution in [0.5, 0.6) is 0 Å². The lowest BCUT2D eigenvalue weighted by molar-refractivity contribution is 0.609. The maximum Gasteiger partial charge on any atom is 0.254 e. The number of benzene rings is 1. The summed E-state index contributed by atoms with van der Waals surface area (Å²) in [6.45, 7) is 5.13. The van der Waals surface area contributed by atoms with E-state index >= 15 is 0 Å². The van der Waals surface area contributed by atoms with Crippen LogP contribution in [0.15, 0.2) is 36.3 Å². The molecule has 1 rings (SSSR count). The number of aryl methyl sites for hydroxylation is 1. The van der Waals surface area contributed by atoms with E-state index in [0.29, 0.717) is 5.69 Å². The molecule has 0 spiro atoms. The Morgan fingerprint density at radius 2 is 1.85 bits per heavy atom. The van der Waals surface area contributed by atoms with Crippen molar-refractivity contribution in [1.82, 2.24) is 0 Å². The summed E-state index contributed by atoms with van der Waals surface area (Å²) in [5.74, 6) is 0. The zero-order valence-electron chi connectivity index (χ0n) is 7.32. The van der Waals surface area contributed by atoms with Crippen molar-refractivity contribution in [2.24, 2.45) is 0 Å². The Hall–Kier alpha value is -1.29. The summed E-state index contributed by atoms with van der Waals surface area (Å²) < 4.78 is 24.4. The molecule has 0 fully saturated rings. The summed E-state index contributed by atoms with van der Waals surface area (Å²) >= 11 is 0. The van der Waals surface area contributed by atoms with Crippen LogP contribution in [0.25, 0.3) is 0 Å². The first-order valence-corrected chi connectivity index (χ1v) is 5.30. The topological polar surface area (TPSA) is 46.2 Å². The third kappa shape index (κ3) is 2.91. The standard InChI is InChI=1S/C9H11NO2S/c1-3-13(11,12)10-9-6-4-8(2)5-7-9/h3-7,10H,1H2,2H3. The number of sulfonamides is 1. The molecule has 4 heteroatoms. The SMILES string of the molecule is C=CS(=O)(=O)Nc1ccc(C)cc1. The first-order valence-electron chi connectivity index (χ1n) is 3.75. The fraction of sp³-hybridized carbons (Fsp3) is 0.111. The van der Waals surface area contributed by atoms with Gasteiger partial charge in [-0.1, -0.05) is 24.3 Å². The van der Waals surface area contributed by atoms with Gasteiger partial charge in [-0.2, -0.15) is 0 Å². The lowest BCUT2D eigenvalue weighted by atomic mass is 10.2. The van der Waals surface area contributed by atoms with Crippen LogP contribution in [0.1, 0.15) is 5.56 Å². The molecule has 0 aromatic heterocycles. The Morgan fingerprint density at radius 1 is 1.31 bits per heavy atom. The van der Waals surface area contributed by atoms with Crippen LogP contribution in [0.4, 0.5) is 5.69 Å². The number of hydrogen-bond donors (Lipinski definition) is 1. The lowest BCUT2D eigenvalue weighted by Gasteiger charge is -2.03. The van der Waals surface area contributed by atoms with Gasteiger partial charge in [-0.25, -0.2) is 8.42 Å². The van der Waals surface area contributed by atoms with E-state index in [-0.39, 0.29) is 0 Å². The van der Waals surface area contributed by atoms with Crippen LogP contribution in [-0.4, -0.2) is 8.42 Å². The molecular formula is C9H11NO2S. The van der Waals surface area contributed by atoms with E-state index in [4.69, 9.17) is 0 Å². The van der Waals surface area contributed by atoms with E-state index in [1.165, 1.54) is 0 Å². The Morgan fingerprint density at radius 3 is 2.31 bits per heavy atom. The van der Waals surface area contributed by atoms with Gasteiger partial charge in [0.1, 0.15) is 0 Å². The molecule has 0 atom stereocenters. The van der Waals surface area contributed by atoms with Crippen molar-refractivity contribution in [1.29, 1.82) is 0 Å². The molecule has 1 N–H and O–H groups in total. The zero-order chi connectivity index (χ0) is 9.90. The molecule has 1 aromatic carbocycles. The number of nitrogens with one attached hydrogen (secondary N) is 1. The van der Waals surface area contributed by atoms with Crippen LogP contribution in [0.3, 0.4) is 0 Å².